The van der Waals surface area contributed by atoms with Crippen molar-refractivity contribution in [3.8, 4) is 0 Å². The average molecular weight is 882 g/mol. The molecule has 0 fully saturated rings. The van der Waals surface area contributed by atoms with Crippen LogP contribution in [-0.4, -0.2) is 82.3 Å². The zero-order chi connectivity index (χ0) is 46.3. The zero-order valence-electron chi connectivity index (χ0n) is 40.7. The number of carboxylic acids is 1. The van der Waals surface area contributed by atoms with Crippen LogP contribution in [-0.2, 0) is 33.3 Å². The van der Waals surface area contributed by atoms with Gasteiger partial charge in [-0.2, -0.15) is 0 Å². The molecule has 63 heavy (non-hydrogen) atoms. The van der Waals surface area contributed by atoms with Crippen molar-refractivity contribution in [2.24, 2.45) is 0 Å². The van der Waals surface area contributed by atoms with Crippen molar-refractivity contribution < 1.29 is 42.9 Å². The van der Waals surface area contributed by atoms with Crippen molar-refractivity contribution in [3.63, 3.8) is 0 Å². The van der Waals surface area contributed by atoms with Gasteiger partial charge in [0.05, 0.1) is 40.3 Å². The van der Waals surface area contributed by atoms with Crippen LogP contribution < -0.4 is 5.11 Å². The third kappa shape index (κ3) is 46.3. The minimum atomic E-state index is -1.63. The summed E-state index contributed by atoms with van der Waals surface area (Å²) >= 11 is 0. The highest BCUT2D eigenvalue weighted by atomic mass is 16.7. The summed E-state index contributed by atoms with van der Waals surface area (Å²) in [6.45, 7) is 4.55. The third-order valence-corrected chi connectivity index (χ3v) is 10.1. The van der Waals surface area contributed by atoms with Crippen LogP contribution in [0, 0.1) is 0 Å². The number of allylic oxidation sites excluding steroid dienone is 14. The van der Waals surface area contributed by atoms with Gasteiger partial charge in [-0.1, -0.05) is 170 Å². The maximum absolute atomic E-state index is 12.8. The van der Waals surface area contributed by atoms with E-state index in [2.05, 4.69) is 98.9 Å². The number of unbranched alkanes of at least 4 members (excludes halogenated alkanes) is 15. The molecule has 0 saturated heterocycles. The highest BCUT2D eigenvalue weighted by molar-refractivity contribution is 5.70. The Balaban J connectivity index is 4.31. The van der Waals surface area contributed by atoms with E-state index in [1.54, 1.807) is 0 Å². The number of ether oxygens (including phenoxy) is 4. The van der Waals surface area contributed by atoms with Crippen molar-refractivity contribution in [3.05, 3.63) is 85.1 Å². The van der Waals surface area contributed by atoms with Gasteiger partial charge in [-0.05, 0) is 83.5 Å². The Morgan fingerprint density at radius 2 is 0.905 bits per heavy atom. The summed E-state index contributed by atoms with van der Waals surface area (Å²) in [4.78, 5) is 37.0. The Morgan fingerprint density at radius 3 is 1.37 bits per heavy atom. The first kappa shape index (κ1) is 59.5. The molecule has 9 nitrogen and oxygen atoms in total. The Kier molecular flexibility index (Phi) is 42.5. The van der Waals surface area contributed by atoms with Crippen LogP contribution in [0.25, 0.3) is 0 Å². The van der Waals surface area contributed by atoms with Crippen molar-refractivity contribution in [2.45, 2.75) is 193 Å². The van der Waals surface area contributed by atoms with Gasteiger partial charge in [0.15, 0.2) is 12.4 Å². The van der Waals surface area contributed by atoms with Gasteiger partial charge >= 0.3 is 11.9 Å². The van der Waals surface area contributed by atoms with Gasteiger partial charge in [0.2, 0.25) is 0 Å². The summed E-state index contributed by atoms with van der Waals surface area (Å²) in [7, 11) is 5.90. The van der Waals surface area contributed by atoms with Crippen LogP contribution in [0.2, 0.25) is 0 Å². The van der Waals surface area contributed by atoms with E-state index in [9.17, 15) is 19.5 Å². The molecular weight excluding hydrogens is 791 g/mol. The molecule has 360 valence electrons. The maximum Gasteiger partial charge on any atom is 0.306 e. The molecule has 0 bridgehead atoms. The van der Waals surface area contributed by atoms with Crippen LogP contribution in [0.15, 0.2) is 85.1 Å². The van der Waals surface area contributed by atoms with E-state index in [-0.39, 0.29) is 38.6 Å². The summed E-state index contributed by atoms with van der Waals surface area (Å²) in [5.41, 5.74) is 0. The number of rotatable bonds is 44. The number of aliphatic carboxylic acids is 1. The second kappa shape index (κ2) is 45.1. The molecule has 2 unspecified atom stereocenters. The van der Waals surface area contributed by atoms with Crippen LogP contribution in [0.5, 0.6) is 0 Å². The number of hydrogen-bond donors (Lipinski definition) is 0. The molecule has 0 rings (SSSR count). The number of likely N-dealkylation sites (N-methyl/N-ethyl adjacent to an activating group) is 1. The first-order valence-corrected chi connectivity index (χ1v) is 24.7. The highest BCUT2D eigenvalue weighted by Crippen LogP contribution is 2.13. The molecule has 2 atom stereocenters. The predicted octanol–water partition coefficient (Wildman–Crippen LogP) is 12.3. The molecule has 0 saturated carbocycles. The average Bonchev–Trinajstić information content (AvgIpc) is 3.24. The van der Waals surface area contributed by atoms with Crippen LogP contribution in [0.4, 0.5) is 0 Å². The Morgan fingerprint density at radius 1 is 0.492 bits per heavy atom. The topological polar surface area (TPSA) is 111 Å². The van der Waals surface area contributed by atoms with Gasteiger partial charge in [0, 0.05) is 12.8 Å². The van der Waals surface area contributed by atoms with Crippen molar-refractivity contribution in [2.75, 3.05) is 47.5 Å². The molecule has 0 aromatic carbocycles. The van der Waals surface area contributed by atoms with Gasteiger partial charge in [-0.15, -0.1) is 0 Å². The van der Waals surface area contributed by atoms with E-state index in [4.69, 9.17) is 18.9 Å². The molecule has 0 aliphatic rings. The SMILES string of the molecule is CC/C=C\C/C=C\C/C=C\C/C=C\C/C=C\C/C=C\CCCCCCCCCCC(=O)OC(COC(=O)CCCCCCC/C=C\CCCC)COC(OCC[N+](C)(C)C)C(=O)[O-]. The minimum absolute atomic E-state index is 0.140. The van der Waals surface area contributed by atoms with Crippen molar-refractivity contribution >= 4 is 17.9 Å². The van der Waals surface area contributed by atoms with Crippen LogP contribution in [0.1, 0.15) is 181 Å². The van der Waals surface area contributed by atoms with E-state index in [1.807, 2.05) is 21.1 Å². The Hall–Kier alpha value is -3.53. The number of hydrogen-bond acceptors (Lipinski definition) is 8. The van der Waals surface area contributed by atoms with E-state index < -0.39 is 24.3 Å². The summed E-state index contributed by atoms with van der Waals surface area (Å²) < 4.78 is 22.5. The van der Waals surface area contributed by atoms with Gasteiger partial charge in [0.1, 0.15) is 13.2 Å². The van der Waals surface area contributed by atoms with Gasteiger partial charge < -0.3 is 33.3 Å². The first-order valence-electron chi connectivity index (χ1n) is 24.7. The minimum Gasteiger partial charge on any atom is -0.545 e. The number of nitrogens with zero attached hydrogens (tertiary/aromatic N) is 1. The van der Waals surface area contributed by atoms with Gasteiger partial charge in [-0.3, -0.25) is 9.59 Å². The second-order valence-corrected chi connectivity index (χ2v) is 17.4. The lowest BCUT2D eigenvalue weighted by Gasteiger charge is -2.26. The molecule has 0 N–H and O–H groups in total. The summed E-state index contributed by atoms with van der Waals surface area (Å²) in [6.07, 6.45) is 54.8. The van der Waals surface area contributed by atoms with Crippen molar-refractivity contribution in [1.82, 2.24) is 0 Å². The van der Waals surface area contributed by atoms with Crippen molar-refractivity contribution in [1.29, 1.82) is 0 Å². The molecule has 9 heteroatoms. The van der Waals surface area contributed by atoms with Crippen LogP contribution >= 0.6 is 0 Å². The highest BCUT2D eigenvalue weighted by Gasteiger charge is 2.21. The molecule has 0 aromatic rings. The molecular formula is C54H91NO8. The molecule has 0 radical (unpaired) electrons. The fourth-order valence-corrected chi connectivity index (χ4v) is 6.28. The number of carbonyl (C=O) groups is 3. The molecule has 0 aromatic heterocycles. The molecule has 0 spiro atoms. The Labute approximate surface area is 385 Å². The molecule has 0 amide bonds. The molecule has 0 aliphatic heterocycles. The van der Waals surface area contributed by atoms with E-state index in [1.165, 1.54) is 38.5 Å². The first-order chi connectivity index (χ1) is 30.6. The Bertz CT molecular complexity index is 1300. The molecule has 0 heterocycles. The monoisotopic (exact) mass is 882 g/mol. The summed E-state index contributed by atoms with van der Waals surface area (Å²) in [5.74, 6) is -2.32. The molecule has 0 aliphatic carbocycles. The zero-order valence-corrected chi connectivity index (χ0v) is 40.7. The fourth-order valence-electron chi connectivity index (χ4n) is 6.28. The van der Waals surface area contributed by atoms with E-state index in [0.717, 1.165) is 109 Å². The van der Waals surface area contributed by atoms with Gasteiger partial charge in [0.25, 0.3) is 0 Å². The number of quaternary nitrogens is 1. The van der Waals surface area contributed by atoms with Crippen LogP contribution in [0.3, 0.4) is 0 Å². The fraction of sp³-hybridized carbons (Fsp3) is 0.685. The number of esters is 2. The predicted molar refractivity (Wildman–Crippen MR) is 260 cm³/mol. The second-order valence-electron chi connectivity index (χ2n) is 17.4. The lowest BCUT2D eigenvalue weighted by atomic mass is 10.1. The van der Waals surface area contributed by atoms with E-state index in [0.29, 0.717) is 17.4 Å². The maximum atomic E-state index is 12.8. The number of carboxylic acid groups (broad SMARTS) is 1. The van der Waals surface area contributed by atoms with E-state index >= 15 is 0 Å². The third-order valence-electron chi connectivity index (χ3n) is 10.1. The quantitative estimate of drug-likeness (QED) is 0.0196. The summed E-state index contributed by atoms with van der Waals surface area (Å²) in [6, 6.07) is 0. The lowest BCUT2D eigenvalue weighted by molar-refractivity contribution is -0.870. The number of carbonyl (C=O) groups excluding carboxylic acids is 3. The standard InChI is InChI=1S/C54H91NO8/c1-6-8-10-12-14-16-18-19-20-21-22-23-24-25-26-27-28-29-30-31-32-33-35-37-39-41-43-45-52(57)63-50(49-62-54(53(58)59)60-47-46-55(3,4)5)48-61-51(56)44-42-40-38-36-34-17-15-13-11-9-7-2/h8,10,13-16,19-20,22-23,25-26,28-29,50,54H,6-7,9,11-12,17-18,21,24,27,30-49H2,1-5H3/b10-8-,15-13-,16-14-,20-19-,23-22-,26-25-,29-28-. The normalized spacial score (nSPS) is 13.6. The van der Waals surface area contributed by atoms with Gasteiger partial charge in [-0.25, -0.2) is 0 Å². The lowest BCUT2D eigenvalue weighted by Crippen LogP contribution is -2.44. The smallest absolute Gasteiger partial charge is 0.306 e. The summed E-state index contributed by atoms with van der Waals surface area (Å²) in [5, 5.41) is 11.7. The largest absolute Gasteiger partial charge is 0.545 e.